The Bertz CT molecular complexity index is 208. The van der Waals surface area contributed by atoms with Crippen molar-refractivity contribution in [3.63, 3.8) is 0 Å². The molecular formula is C7H10O5. The van der Waals surface area contributed by atoms with Gasteiger partial charge in [0.25, 0.3) is 0 Å². The first-order valence-electron chi connectivity index (χ1n) is 3.64. The van der Waals surface area contributed by atoms with Crippen LogP contribution in [0.25, 0.3) is 0 Å². The third kappa shape index (κ3) is 1.16. The third-order valence-electron chi connectivity index (χ3n) is 2.31. The number of aliphatic carboxylic acids is 2. The maximum atomic E-state index is 10.6. The predicted octanol–water partition coefficient (Wildman–Crippen LogP) is -0.313. The van der Waals surface area contributed by atoms with Gasteiger partial charge in [-0.3, -0.25) is 9.59 Å². The smallest absolute Gasteiger partial charge is 0.321 e. The molecule has 3 N–H and O–H groups in total. The van der Waals surface area contributed by atoms with Gasteiger partial charge in [-0.1, -0.05) is 0 Å². The summed E-state index contributed by atoms with van der Waals surface area (Å²) in [5, 5.41) is 26.4. The van der Waals surface area contributed by atoms with E-state index < -0.39 is 23.5 Å². The second-order valence-electron chi connectivity index (χ2n) is 3.09. The van der Waals surface area contributed by atoms with E-state index in [0.717, 1.165) is 0 Å². The molecule has 1 aliphatic rings. The van der Waals surface area contributed by atoms with Crippen LogP contribution in [0.5, 0.6) is 0 Å². The molecule has 0 radical (unpaired) electrons. The number of carbonyl (C=O) groups is 2. The van der Waals surface area contributed by atoms with Gasteiger partial charge in [0.05, 0.1) is 6.10 Å². The molecule has 68 valence electrons. The van der Waals surface area contributed by atoms with Crippen molar-refractivity contribution in [2.45, 2.75) is 25.4 Å². The second kappa shape index (κ2) is 2.75. The van der Waals surface area contributed by atoms with Crippen LogP contribution in [0.3, 0.4) is 0 Å². The van der Waals surface area contributed by atoms with Gasteiger partial charge in [0, 0.05) is 6.42 Å². The fourth-order valence-electron chi connectivity index (χ4n) is 1.50. The average molecular weight is 174 g/mol. The fraction of sp³-hybridized carbons (Fsp3) is 0.714. The number of aliphatic hydroxyl groups is 1. The number of carboxylic acid groups (broad SMARTS) is 2. The molecule has 1 unspecified atom stereocenters. The largest absolute Gasteiger partial charge is 0.480 e. The number of hydrogen-bond donors (Lipinski definition) is 3. The Morgan fingerprint density at radius 3 is 1.92 bits per heavy atom. The zero-order valence-electron chi connectivity index (χ0n) is 6.36. The zero-order chi connectivity index (χ0) is 9.35. The molecule has 0 bridgehead atoms. The minimum absolute atomic E-state index is 0.0127. The summed E-state index contributed by atoms with van der Waals surface area (Å²) in [5.74, 6) is -2.71. The van der Waals surface area contributed by atoms with Gasteiger partial charge in [0.2, 0.25) is 0 Å². The van der Waals surface area contributed by atoms with Gasteiger partial charge in [-0.25, -0.2) is 0 Å². The lowest BCUT2D eigenvalue weighted by molar-refractivity contribution is -0.164. The molecule has 0 saturated heterocycles. The molecule has 1 rings (SSSR count). The van der Waals surface area contributed by atoms with Crippen molar-refractivity contribution in [2.75, 3.05) is 0 Å². The highest BCUT2D eigenvalue weighted by Crippen LogP contribution is 2.38. The summed E-state index contributed by atoms with van der Waals surface area (Å²) >= 11 is 0. The molecular weight excluding hydrogens is 164 g/mol. The van der Waals surface area contributed by atoms with E-state index in [1.807, 2.05) is 0 Å². The van der Waals surface area contributed by atoms with Crippen molar-refractivity contribution < 1.29 is 24.9 Å². The van der Waals surface area contributed by atoms with Crippen molar-refractivity contribution in [2.24, 2.45) is 5.41 Å². The molecule has 12 heavy (non-hydrogen) atoms. The zero-order valence-corrected chi connectivity index (χ0v) is 6.36. The van der Waals surface area contributed by atoms with E-state index in [9.17, 15) is 9.59 Å². The SMILES string of the molecule is O=C(O)C1(C(=O)O)CCC(O)C1. The lowest BCUT2D eigenvalue weighted by Crippen LogP contribution is -2.37. The number of hydrogen-bond acceptors (Lipinski definition) is 3. The summed E-state index contributed by atoms with van der Waals surface area (Å²) in [6.07, 6.45) is -0.716. The van der Waals surface area contributed by atoms with Crippen molar-refractivity contribution in [3.8, 4) is 0 Å². The van der Waals surface area contributed by atoms with Crippen molar-refractivity contribution >= 4 is 11.9 Å². The Balaban J connectivity index is 2.89. The molecule has 0 aliphatic heterocycles. The number of carboxylic acids is 2. The van der Waals surface area contributed by atoms with Gasteiger partial charge in [-0.05, 0) is 12.8 Å². The minimum Gasteiger partial charge on any atom is -0.480 e. The summed E-state index contributed by atoms with van der Waals surface area (Å²) in [6, 6.07) is 0. The molecule has 1 atom stereocenters. The van der Waals surface area contributed by atoms with Crippen molar-refractivity contribution in [1.29, 1.82) is 0 Å². The molecule has 0 aromatic heterocycles. The minimum atomic E-state index is -1.75. The third-order valence-corrected chi connectivity index (χ3v) is 2.31. The Labute approximate surface area is 68.6 Å². The van der Waals surface area contributed by atoms with Crippen LogP contribution in [0, 0.1) is 5.41 Å². The lowest BCUT2D eigenvalue weighted by atomic mass is 9.86. The molecule has 0 amide bonds. The van der Waals surface area contributed by atoms with Gasteiger partial charge in [0.15, 0.2) is 5.41 Å². The van der Waals surface area contributed by atoms with Crippen LogP contribution >= 0.6 is 0 Å². The Morgan fingerprint density at radius 2 is 1.75 bits per heavy atom. The summed E-state index contributed by atoms with van der Waals surface area (Å²) in [4.78, 5) is 21.2. The van der Waals surface area contributed by atoms with E-state index in [4.69, 9.17) is 15.3 Å². The van der Waals surface area contributed by atoms with Gasteiger partial charge in [-0.15, -0.1) is 0 Å². The average Bonchev–Trinajstić information content (AvgIpc) is 2.32. The first-order valence-corrected chi connectivity index (χ1v) is 3.64. The van der Waals surface area contributed by atoms with E-state index >= 15 is 0 Å². The first kappa shape index (κ1) is 8.99. The van der Waals surface area contributed by atoms with E-state index in [-0.39, 0.29) is 19.3 Å². The Hall–Kier alpha value is -1.10. The van der Waals surface area contributed by atoms with Crippen molar-refractivity contribution in [1.82, 2.24) is 0 Å². The highest BCUT2D eigenvalue weighted by atomic mass is 16.4. The van der Waals surface area contributed by atoms with E-state index in [2.05, 4.69) is 0 Å². The van der Waals surface area contributed by atoms with Gasteiger partial charge >= 0.3 is 11.9 Å². The van der Waals surface area contributed by atoms with Crippen LogP contribution in [0.1, 0.15) is 19.3 Å². The van der Waals surface area contributed by atoms with Gasteiger partial charge < -0.3 is 15.3 Å². The molecule has 0 heterocycles. The molecule has 1 fully saturated rings. The Morgan fingerprint density at radius 1 is 1.25 bits per heavy atom. The van der Waals surface area contributed by atoms with E-state index in [0.29, 0.717) is 0 Å². The van der Waals surface area contributed by atoms with E-state index in [1.54, 1.807) is 0 Å². The normalized spacial score (nSPS) is 26.9. The highest BCUT2D eigenvalue weighted by Gasteiger charge is 2.51. The van der Waals surface area contributed by atoms with Crippen LogP contribution in [-0.4, -0.2) is 33.4 Å². The summed E-state index contributed by atoms with van der Waals surface area (Å²) in [5.41, 5.74) is -1.75. The molecule has 0 aromatic rings. The fourth-order valence-corrected chi connectivity index (χ4v) is 1.50. The molecule has 1 saturated carbocycles. The van der Waals surface area contributed by atoms with Crippen LogP contribution in [0.2, 0.25) is 0 Å². The summed E-state index contributed by atoms with van der Waals surface area (Å²) < 4.78 is 0. The van der Waals surface area contributed by atoms with Crippen LogP contribution in [0.15, 0.2) is 0 Å². The van der Waals surface area contributed by atoms with Crippen molar-refractivity contribution in [3.05, 3.63) is 0 Å². The second-order valence-corrected chi connectivity index (χ2v) is 3.09. The highest BCUT2D eigenvalue weighted by molar-refractivity contribution is 5.98. The topological polar surface area (TPSA) is 94.8 Å². The lowest BCUT2D eigenvalue weighted by Gasteiger charge is -2.17. The predicted molar refractivity (Wildman–Crippen MR) is 37.6 cm³/mol. The standard InChI is InChI=1S/C7H10O5/c8-4-1-2-7(3-4,5(9)10)6(11)12/h4,8H,1-3H2,(H,9,10)(H,11,12). The van der Waals surface area contributed by atoms with Crippen LogP contribution in [-0.2, 0) is 9.59 Å². The Kier molecular flexibility index (Phi) is 2.06. The maximum Gasteiger partial charge on any atom is 0.321 e. The summed E-state index contributed by atoms with van der Waals surface area (Å²) in [6.45, 7) is 0. The first-order chi connectivity index (χ1) is 5.49. The number of aliphatic hydroxyl groups excluding tert-OH is 1. The quantitative estimate of drug-likeness (QED) is 0.499. The molecule has 5 nitrogen and oxygen atoms in total. The van der Waals surface area contributed by atoms with Gasteiger partial charge in [0.1, 0.15) is 0 Å². The monoisotopic (exact) mass is 174 g/mol. The molecule has 5 heteroatoms. The van der Waals surface area contributed by atoms with E-state index in [1.165, 1.54) is 0 Å². The van der Waals surface area contributed by atoms with Gasteiger partial charge in [-0.2, -0.15) is 0 Å². The molecule has 1 aliphatic carbocycles. The van der Waals surface area contributed by atoms with Crippen LogP contribution < -0.4 is 0 Å². The number of rotatable bonds is 2. The molecule has 0 spiro atoms. The summed E-state index contributed by atoms with van der Waals surface area (Å²) in [7, 11) is 0. The maximum absolute atomic E-state index is 10.6. The van der Waals surface area contributed by atoms with Crippen LogP contribution in [0.4, 0.5) is 0 Å². The molecule has 0 aromatic carbocycles.